The number of carbonyl (C=O) groups excluding carboxylic acids is 1. The number of benzene rings is 1. The highest BCUT2D eigenvalue weighted by Crippen LogP contribution is 2.24. The highest BCUT2D eigenvalue weighted by Gasteiger charge is 2.01. The van der Waals surface area contributed by atoms with Crippen LogP contribution in [0.1, 0.15) is 5.56 Å². The third-order valence-electron chi connectivity index (χ3n) is 1.87. The number of fused-ring (bicyclic) bond motifs is 1. The molecule has 1 heterocycles. The van der Waals surface area contributed by atoms with E-state index in [1.165, 1.54) is 10.1 Å². The largest absolute Gasteiger partial charge is 0.463 e. The van der Waals surface area contributed by atoms with Crippen LogP contribution in [0.4, 0.5) is 0 Å². The molecule has 13 heavy (non-hydrogen) atoms. The van der Waals surface area contributed by atoms with E-state index in [1.54, 1.807) is 11.3 Å². The van der Waals surface area contributed by atoms with Crippen molar-refractivity contribution < 1.29 is 9.53 Å². The van der Waals surface area contributed by atoms with Crippen LogP contribution >= 0.6 is 11.3 Å². The van der Waals surface area contributed by atoms with Gasteiger partial charge in [-0.1, -0.05) is 18.2 Å². The smallest absolute Gasteiger partial charge is 0.293 e. The molecule has 3 heteroatoms. The van der Waals surface area contributed by atoms with Gasteiger partial charge in [-0.05, 0) is 16.8 Å². The van der Waals surface area contributed by atoms with Crippen molar-refractivity contribution in [2.45, 2.75) is 6.61 Å². The Morgan fingerprint density at radius 3 is 3.15 bits per heavy atom. The van der Waals surface area contributed by atoms with Crippen molar-refractivity contribution in [2.24, 2.45) is 0 Å². The highest BCUT2D eigenvalue weighted by atomic mass is 32.1. The molecule has 0 aliphatic heterocycles. The first kappa shape index (κ1) is 8.26. The van der Waals surface area contributed by atoms with Crippen LogP contribution in [0, 0.1) is 0 Å². The molecule has 0 aliphatic carbocycles. The molecule has 0 amide bonds. The van der Waals surface area contributed by atoms with Crippen molar-refractivity contribution >= 4 is 27.9 Å². The van der Waals surface area contributed by atoms with E-state index in [-0.39, 0.29) is 0 Å². The molecule has 0 saturated heterocycles. The lowest BCUT2D eigenvalue weighted by molar-refractivity contribution is -0.129. The Labute approximate surface area is 79.8 Å². The molecule has 2 nitrogen and oxygen atoms in total. The molecule has 0 N–H and O–H groups in total. The molecule has 0 spiro atoms. The molecule has 2 aromatic rings. The zero-order chi connectivity index (χ0) is 9.10. The second-order valence-corrected chi connectivity index (χ2v) is 3.58. The van der Waals surface area contributed by atoms with Crippen LogP contribution in [0.15, 0.2) is 29.6 Å². The summed E-state index contributed by atoms with van der Waals surface area (Å²) in [4.78, 5) is 10.0. The van der Waals surface area contributed by atoms with E-state index in [4.69, 9.17) is 4.74 Å². The molecule has 66 valence electrons. The van der Waals surface area contributed by atoms with Gasteiger partial charge in [0.25, 0.3) is 6.47 Å². The summed E-state index contributed by atoms with van der Waals surface area (Å²) in [7, 11) is 0. The van der Waals surface area contributed by atoms with Gasteiger partial charge in [0.2, 0.25) is 0 Å². The van der Waals surface area contributed by atoms with Crippen LogP contribution < -0.4 is 0 Å². The SMILES string of the molecule is O=COCc1cccc2ccsc12. The molecular formula is C10H8O2S. The van der Waals surface area contributed by atoms with Gasteiger partial charge in [-0.2, -0.15) is 0 Å². The summed E-state index contributed by atoms with van der Waals surface area (Å²) in [5.74, 6) is 0. The van der Waals surface area contributed by atoms with Crippen molar-refractivity contribution in [1.82, 2.24) is 0 Å². The first-order chi connectivity index (χ1) is 6.42. The summed E-state index contributed by atoms with van der Waals surface area (Å²) in [6, 6.07) is 8.06. The molecule has 1 aromatic heterocycles. The molecule has 0 unspecified atom stereocenters. The van der Waals surface area contributed by atoms with Crippen molar-refractivity contribution in [3.63, 3.8) is 0 Å². The summed E-state index contributed by atoms with van der Waals surface area (Å²) in [6.07, 6.45) is 0. The van der Waals surface area contributed by atoms with Crippen molar-refractivity contribution in [3.05, 3.63) is 35.2 Å². The van der Waals surface area contributed by atoms with E-state index in [0.29, 0.717) is 13.1 Å². The Hall–Kier alpha value is -1.35. The predicted molar refractivity (Wildman–Crippen MR) is 52.7 cm³/mol. The molecule has 0 bridgehead atoms. The van der Waals surface area contributed by atoms with Crippen LogP contribution in [0.2, 0.25) is 0 Å². The van der Waals surface area contributed by atoms with Gasteiger partial charge in [-0.15, -0.1) is 11.3 Å². The number of hydrogen-bond acceptors (Lipinski definition) is 3. The molecular weight excluding hydrogens is 184 g/mol. The van der Waals surface area contributed by atoms with E-state index >= 15 is 0 Å². The zero-order valence-corrected chi connectivity index (χ0v) is 7.71. The quantitative estimate of drug-likeness (QED) is 0.698. The number of ether oxygens (including phenoxy) is 1. The Kier molecular flexibility index (Phi) is 2.27. The normalized spacial score (nSPS) is 10.2. The summed E-state index contributed by atoms with van der Waals surface area (Å²) >= 11 is 1.67. The number of thiophene rings is 1. The average molecular weight is 192 g/mol. The van der Waals surface area contributed by atoms with Gasteiger partial charge in [0.1, 0.15) is 6.61 Å². The minimum atomic E-state index is 0.362. The van der Waals surface area contributed by atoms with Gasteiger partial charge in [0.15, 0.2) is 0 Å². The monoisotopic (exact) mass is 192 g/mol. The van der Waals surface area contributed by atoms with Crippen LogP contribution in [-0.4, -0.2) is 6.47 Å². The summed E-state index contributed by atoms with van der Waals surface area (Å²) in [6.45, 7) is 0.841. The maximum Gasteiger partial charge on any atom is 0.293 e. The Bertz CT molecular complexity index is 420. The van der Waals surface area contributed by atoms with Crippen LogP contribution in [-0.2, 0) is 16.1 Å². The number of hydrogen-bond donors (Lipinski definition) is 0. The minimum absolute atomic E-state index is 0.362. The molecule has 0 fully saturated rings. The third-order valence-corrected chi connectivity index (χ3v) is 2.87. The van der Waals surface area contributed by atoms with Gasteiger partial charge in [-0.25, -0.2) is 0 Å². The fraction of sp³-hybridized carbons (Fsp3) is 0.100. The van der Waals surface area contributed by atoms with Crippen molar-refractivity contribution in [3.8, 4) is 0 Å². The maximum absolute atomic E-state index is 10.0. The molecule has 0 radical (unpaired) electrons. The molecule has 1 aromatic carbocycles. The standard InChI is InChI=1S/C10H8O2S/c11-7-12-6-9-3-1-2-8-4-5-13-10(8)9/h1-5,7H,6H2. The third kappa shape index (κ3) is 1.55. The summed E-state index contributed by atoms with van der Waals surface area (Å²) in [5.41, 5.74) is 1.07. The van der Waals surface area contributed by atoms with E-state index in [1.807, 2.05) is 17.5 Å². The highest BCUT2D eigenvalue weighted by molar-refractivity contribution is 7.17. The van der Waals surface area contributed by atoms with Gasteiger partial charge < -0.3 is 4.74 Å². The van der Waals surface area contributed by atoms with E-state index in [9.17, 15) is 4.79 Å². The van der Waals surface area contributed by atoms with Crippen LogP contribution in [0.25, 0.3) is 10.1 Å². The van der Waals surface area contributed by atoms with Gasteiger partial charge >= 0.3 is 0 Å². The van der Waals surface area contributed by atoms with Gasteiger partial charge in [-0.3, -0.25) is 4.79 Å². The average Bonchev–Trinajstić information content (AvgIpc) is 2.62. The summed E-state index contributed by atoms with van der Waals surface area (Å²) < 4.78 is 5.92. The Morgan fingerprint density at radius 1 is 1.38 bits per heavy atom. The van der Waals surface area contributed by atoms with E-state index in [0.717, 1.165) is 5.56 Å². The number of rotatable bonds is 3. The fourth-order valence-electron chi connectivity index (χ4n) is 1.29. The molecule has 0 aliphatic rings. The fourth-order valence-corrected chi connectivity index (χ4v) is 2.19. The van der Waals surface area contributed by atoms with Gasteiger partial charge in [0.05, 0.1) is 0 Å². The van der Waals surface area contributed by atoms with Crippen LogP contribution in [0.5, 0.6) is 0 Å². The van der Waals surface area contributed by atoms with E-state index < -0.39 is 0 Å². The predicted octanol–water partition coefficient (Wildman–Crippen LogP) is 2.57. The lowest BCUT2D eigenvalue weighted by Gasteiger charge is -2.00. The van der Waals surface area contributed by atoms with E-state index in [2.05, 4.69) is 12.1 Å². The first-order valence-electron chi connectivity index (χ1n) is 3.92. The Morgan fingerprint density at radius 2 is 2.31 bits per heavy atom. The molecule has 0 atom stereocenters. The number of carbonyl (C=O) groups is 1. The molecule has 2 rings (SSSR count). The second-order valence-electron chi connectivity index (χ2n) is 2.66. The minimum Gasteiger partial charge on any atom is -0.463 e. The van der Waals surface area contributed by atoms with Crippen molar-refractivity contribution in [1.29, 1.82) is 0 Å². The molecule has 0 saturated carbocycles. The van der Waals surface area contributed by atoms with Gasteiger partial charge in [0, 0.05) is 10.3 Å². The first-order valence-corrected chi connectivity index (χ1v) is 4.80. The topological polar surface area (TPSA) is 26.3 Å². The second kappa shape index (κ2) is 3.58. The van der Waals surface area contributed by atoms with Crippen molar-refractivity contribution in [2.75, 3.05) is 0 Å². The van der Waals surface area contributed by atoms with Crippen LogP contribution in [0.3, 0.4) is 0 Å². The maximum atomic E-state index is 10.0. The Balaban J connectivity index is 2.42. The summed E-state index contributed by atoms with van der Waals surface area (Å²) in [5, 5.41) is 3.24. The zero-order valence-electron chi connectivity index (χ0n) is 6.90. The lowest BCUT2D eigenvalue weighted by Crippen LogP contribution is -1.89. The lowest BCUT2D eigenvalue weighted by atomic mass is 10.2.